The van der Waals surface area contributed by atoms with Gasteiger partial charge in [0.25, 0.3) is 0 Å². The first-order valence-electron chi connectivity index (χ1n) is 12.9. The molecule has 0 spiro atoms. The number of carbonyl (C=O) groups is 1. The first-order chi connectivity index (χ1) is 18.4. The van der Waals surface area contributed by atoms with E-state index in [4.69, 9.17) is 16.3 Å². The summed E-state index contributed by atoms with van der Waals surface area (Å²) in [5, 5.41) is 4.89. The standard InChI is InChI=1S/C30H31ClN4O2S/c1-33(2)21-13-10-19(11-14-21)28-25-8-6-16-34(25)29-23(22-7-4-5-9-27(22)38-29)18-35(28)30(36)32-24-17-20(31)12-15-26(24)37-3/h6,8,10-17,28H,4-5,7,9,18H2,1-3H3,(H,32,36)/t28-/m1/s1. The van der Waals surface area contributed by atoms with E-state index in [0.29, 0.717) is 23.0 Å². The van der Waals surface area contributed by atoms with Crippen LogP contribution in [0.2, 0.25) is 5.02 Å². The average Bonchev–Trinajstić information content (AvgIpc) is 3.51. The maximum Gasteiger partial charge on any atom is 0.323 e. The van der Waals surface area contributed by atoms with Gasteiger partial charge in [-0.2, -0.15) is 0 Å². The van der Waals surface area contributed by atoms with Crippen LogP contribution in [0.1, 0.15) is 46.1 Å². The van der Waals surface area contributed by atoms with Crippen molar-refractivity contribution in [2.24, 2.45) is 0 Å². The van der Waals surface area contributed by atoms with Gasteiger partial charge in [0.05, 0.1) is 31.1 Å². The molecule has 4 aromatic rings. The predicted molar refractivity (Wildman–Crippen MR) is 155 cm³/mol. The fourth-order valence-electron chi connectivity index (χ4n) is 5.66. The van der Waals surface area contributed by atoms with Gasteiger partial charge < -0.3 is 24.4 Å². The van der Waals surface area contributed by atoms with Crippen LogP contribution in [-0.4, -0.2) is 36.7 Å². The van der Waals surface area contributed by atoms with Crippen LogP contribution in [-0.2, 0) is 19.4 Å². The summed E-state index contributed by atoms with van der Waals surface area (Å²) < 4.78 is 7.83. The Hall–Kier alpha value is -3.42. The predicted octanol–water partition coefficient (Wildman–Crippen LogP) is 7.28. The van der Waals surface area contributed by atoms with E-state index in [9.17, 15) is 4.79 Å². The van der Waals surface area contributed by atoms with Crippen molar-refractivity contribution < 1.29 is 9.53 Å². The minimum Gasteiger partial charge on any atom is -0.495 e. The van der Waals surface area contributed by atoms with Gasteiger partial charge in [-0.05, 0) is 79.3 Å². The Morgan fingerprint density at radius 2 is 1.87 bits per heavy atom. The summed E-state index contributed by atoms with van der Waals surface area (Å²) >= 11 is 8.18. The second-order valence-corrected chi connectivity index (χ2v) is 11.6. The highest BCUT2D eigenvalue weighted by Gasteiger charge is 2.36. The SMILES string of the molecule is COc1ccc(Cl)cc1NC(=O)N1Cc2c(sc3c2CCCC3)-n2cccc2[C@H]1c1ccc(N(C)C)cc1. The van der Waals surface area contributed by atoms with Gasteiger partial charge in [0.2, 0.25) is 0 Å². The molecule has 8 heteroatoms. The zero-order valence-electron chi connectivity index (χ0n) is 21.8. The fourth-order valence-corrected chi connectivity index (χ4v) is 7.23. The minimum atomic E-state index is -0.273. The Bertz CT molecular complexity index is 1490. The number of aromatic nitrogens is 1. The Balaban J connectivity index is 1.49. The maximum atomic E-state index is 14.2. The smallest absolute Gasteiger partial charge is 0.323 e. The molecule has 0 saturated heterocycles. The summed E-state index contributed by atoms with van der Waals surface area (Å²) in [6.07, 6.45) is 6.74. The molecule has 1 aliphatic heterocycles. The molecule has 1 N–H and O–H groups in total. The van der Waals surface area contributed by atoms with Gasteiger partial charge in [-0.25, -0.2) is 4.79 Å². The van der Waals surface area contributed by atoms with Crippen LogP contribution in [0.25, 0.3) is 5.00 Å². The number of rotatable bonds is 4. The number of thiophene rings is 1. The number of anilines is 2. The maximum absolute atomic E-state index is 14.2. The molecule has 2 aromatic carbocycles. The van der Waals surface area contributed by atoms with E-state index in [2.05, 4.69) is 57.4 Å². The van der Waals surface area contributed by atoms with E-state index >= 15 is 0 Å². The molecule has 6 rings (SSSR count). The lowest BCUT2D eigenvalue weighted by atomic mass is 9.95. The van der Waals surface area contributed by atoms with Crippen molar-refractivity contribution in [3.8, 4) is 10.8 Å². The van der Waals surface area contributed by atoms with Crippen molar-refractivity contribution in [1.29, 1.82) is 0 Å². The third-order valence-corrected chi connectivity index (χ3v) is 9.14. The van der Waals surface area contributed by atoms with Gasteiger partial charge in [0, 0.05) is 41.4 Å². The van der Waals surface area contributed by atoms with Crippen molar-refractivity contribution in [2.75, 3.05) is 31.4 Å². The van der Waals surface area contributed by atoms with Gasteiger partial charge in [-0.1, -0.05) is 23.7 Å². The molecule has 0 fully saturated rings. The Kier molecular flexibility index (Phi) is 6.58. The highest BCUT2D eigenvalue weighted by molar-refractivity contribution is 7.15. The lowest BCUT2D eigenvalue weighted by Gasteiger charge is -2.32. The van der Waals surface area contributed by atoms with Gasteiger partial charge in [0.1, 0.15) is 10.8 Å². The first-order valence-corrected chi connectivity index (χ1v) is 14.1. The van der Waals surface area contributed by atoms with Crippen LogP contribution in [0.3, 0.4) is 0 Å². The quantitative estimate of drug-likeness (QED) is 0.292. The molecule has 2 aliphatic rings. The number of fused-ring (bicyclic) bond motifs is 5. The number of nitrogens with one attached hydrogen (secondary N) is 1. The second kappa shape index (κ2) is 10.0. The molecule has 1 aliphatic carbocycles. The molecule has 2 amide bonds. The molecule has 0 radical (unpaired) electrons. The van der Waals surface area contributed by atoms with Crippen molar-refractivity contribution in [3.63, 3.8) is 0 Å². The number of aryl methyl sites for hydroxylation is 1. The molecule has 38 heavy (non-hydrogen) atoms. The topological polar surface area (TPSA) is 49.7 Å². The van der Waals surface area contributed by atoms with Gasteiger partial charge in [-0.15, -0.1) is 11.3 Å². The summed E-state index contributed by atoms with van der Waals surface area (Å²) in [4.78, 5) is 19.7. The molecular formula is C30H31ClN4O2S. The Morgan fingerprint density at radius 1 is 1.08 bits per heavy atom. The number of methoxy groups -OCH3 is 1. The Morgan fingerprint density at radius 3 is 2.63 bits per heavy atom. The molecule has 2 aromatic heterocycles. The monoisotopic (exact) mass is 546 g/mol. The van der Waals surface area contributed by atoms with Crippen LogP contribution in [0, 0.1) is 0 Å². The number of carbonyl (C=O) groups excluding carboxylic acids is 1. The van der Waals surface area contributed by atoms with E-state index in [1.807, 2.05) is 30.3 Å². The van der Waals surface area contributed by atoms with E-state index in [1.165, 1.54) is 33.8 Å². The molecule has 0 saturated carbocycles. The molecule has 6 nitrogen and oxygen atoms in total. The molecular weight excluding hydrogens is 516 g/mol. The molecule has 0 unspecified atom stereocenters. The van der Waals surface area contributed by atoms with Crippen LogP contribution in [0.15, 0.2) is 60.8 Å². The summed E-state index contributed by atoms with van der Waals surface area (Å²) in [5.74, 6) is 0.571. The normalized spacial score (nSPS) is 16.2. The summed E-state index contributed by atoms with van der Waals surface area (Å²) in [6.45, 7) is 0.525. The summed E-state index contributed by atoms with van der Waals surface area (Å²) in [5.41, 5.74) is 6.51. The van der Waals surface area contributed by atoms with Crippen molar-refractivity contribution >= 4 is 40.3 Å². The third kappa shape index (κ3) is 4.33. The van der Waals surface area contributed by atoms with Gasteiger partial charge in [-0.3, -0.25) is 0 Å². The van der Waals surface area contributed by atoms with Crippen LogP contribution in [0.4, 0.5) is 16.2 Å². The number of nitrogens with zero attached hydrogens (tertiary/aromatic N) is 3. The zero-order chi connectivity index (χ0) is 26.4. The van der Waals surface area contributed by atoms with Gasteiger partial charge in [0.15, 0.2) is 0 Å². The molecule has 0 bridgehead atoms. The number of halogens is 1. The van der Waals surface area contributed by atoms with Crippen molar-refractivity contribution in [1.82, 2.24) is 9.47 Å². The van der Waals surface area contributed by atoms with Crippen molar-refractivity contribution in [3.05, 3.63) is 93.1 Å². The van der Waals surface area contributed by atoms with Crippen LogP contribution < -0.4 is 15.0 Å². The number of hydrogen-bond donors (Lipinski definition) is 1. The third-order valence-electron chi connectivity index (χ3n) is 7.57. The number of amides is 2. The van der Waals surface area contributed by atoms with E-state index < -0.39 is 0 Å². The summed E-state index contributed by atoms with van der Waals surface area (Å²) in [7, 11) is 5.66. The lowest BCUT2D eigenvalue weighted by molar-refractivity contribution is 0.194. The van der Waals surface area contributed by atoms with E-state index in [-0.39, 0.29) is 12.1 Å². The molecule has 1 atom stereocenters. The molecule has 196 valence electrons. The summed E-state index contributed by atoms with van der Waals surface area (Å²) in [6, 6.07) is 17.5. The largest absolute Gasteiger partial charge is 0.495 e. The average molecular weight is 547 g/mol. The van der Waals surface area contributed by atoms with Crippen LogP contribution in [0.5, 0.6) is 5.75 Å². The highest BCUT2D eigenvalue weighted by atomic mass is 35.5. The first kappa shape index (κ1) is 24.9. The fraction of sp³-hybridized carbons (Fsp3) is 0.300. The zero-order valence-corrected chi connectivity index (χ0v) is 23.4. The van der Waals surface area contributed by atoms with Crippen LogP contribution >= 0.6 is 22.9 Å². The minimum absolute atomic E-state index is 0.191. The molecule has 3 heterocycles. The highest BCUT2D eigenvalue weighted by Crippen LogP contribution is 2.44. The van der Waals surface area contributed by atoms with E-state index in [0.717, 1.165) is 29.8 Å². The number of ether oxygens (including phenoxy) is 1. The second-order valence-electron chi connectivity index (χ2n) is 10.1. The van der Waals surface area contributed by atoms with E-state index in [1.54, 1.807) is 25.3 Å². The van der Waals surface area contributed by atoms with Gasteiger partial charge >= 0.3 is 6.03 Å². The number of hydrogen-bond acceptors (Lipinski definition) is 4. The Labute approximate surface area is 232 Å². The number of benzene rings is 2. The lowest BCUT2D eigenvalue weighted by Crippen LogP contribution is -2.38. The van der Waals surface area contributed by atoms with Crippen molar-refractivity contribution in [2.45, 2.75) is 38.3 Å². The number of urea groups is 1.